The number of hydrogen-bond donors (Lipinski definition) is 0. The first kappa shape index (κ1) is 17.7. The fourth-order valence-electron chi connectivity index (χ4n) is 3.43. The topological polar surface area (TPSA) is 43.9 Å². The molecule has 2 aliphatic rings. The minimum Gasteiger partial charge on any atom is -0.340 e. The maximum Gasteiger partial charge on any atom is 0.246 e. The van der Waals surface area contributed by atoms with Crippen molar-refractivity contribution in [3.05, 3.63) is 42.0 Å². The first-order valence-electron chi connectivity index (χ1n) is 9.24. The van der Waals surface area contributed by atoms with Gasteiger partial charge in [0.05, 0.1) is 0 Å². The molecule has 0 bridgehead atoms. The minimum absolute atomic E-state index is 0.0157. The molecular weight excluding hydrogens is 314 g/mol. The van der Waals surface area contributed by atoms with Crippen LogP contribution in [0, 0.1) is 0 Å². The Bertz CT molecular complexity index is 609. The Kier molecular flexibility index (Phi) is 6.23. The molecule has 0 aliphatic carbocycles. The number of rotatable bonds is 5. The van der Waals surface area contributed by atoms with E-state index in [2.05, 4.69) is 4.90 Å². The van der Waals surface area contributed by atoms with E-state index >= 15 is 0 Å². The lowest BCUT2D eigenvalue weighted by molar-refractivity contribution is -0.130. The molecule has 0 aromatic heterocycles. The number of nitrogens with zero attached hydrogens (tertiary/aromatic N) is 3. The molecule has 2 saturated heterocycles. The molecule has 0 N–H and O–H groups in total. The number of benzene rings is 1. The Morgan fingerprint density at radius 3 is 2.48 bits per heavy atom. The fourth-order valence-corrected chi connectivity index (χ4v) is 3.43. The standard InChI is InChI=1S/C20H27N3O2/c24-19(9-8-18-6-2-1-3-7-18)22-13-10-20(25)23(17-16-22)15-14-21-11-4-5-12-21/h1-3,6-9H,4-5,10-17H2/b9-8+. The van der Waals surface area contributed by atoms with Gasteiger partial charge in [0, 0.05) is 45.2 Å². The molecule has 0 unspecified atom stereocenters. The molecule has 5 heteroatoms. The third kappa shape index (κ3) is 5.16. The van der Waals surface area contributed by atoms with Gasteiger partial charge in [-0.15, -0.1) is 0 Å². The number of amides is 2. The molecule has 2 amide bonds. The van der Waals surface area contributed by atoms with Crippen molar-refractivity contribution >= 4 is 17.9 Å². The number of carbonyl (C=O) groups is 2. The first-order chi connectivity index (χ1) is 12.2. The fraction of sp³-hybridized carbons (Fsp3) is 0.500. The Hall–Kier alpha value is -2.14. The van der Waals surface area contributed by atoms with Crippen LogP contribution in [0.1, 0.15) is 24.8 Å². The van der Waals surface area contributed by atoms with Gasteiger partial charge in [-0.2, -0.15) is 0 Å². The smallest absolute Gasteiger partial charge is 0.246 e. The van der Waals surface area contributed by atoms with Crippen LogP contribution < -0.4 is 0 Å². The Morgan fingerprint density at radius 1 is 0.960 bits per heavy atom. The molecule has 2 heterocycles. The summed E-state index contributed by atoms with van der Waals surface area (Å²) in [7, 11) is 0. The maximum absolute atomic E-state index is 12.4. The van der Waals surface area contributed by atoms with Crippen LogP contribution in [0.3, 0.4) is 0 Å². The van der Waals surface area contributed by atoms with Crippen molar-refractivity contribution in [3.8, 4) is 0 Å². The molecule has 0 atom stereocenters. The SMILES string of the molecule is O=C(/C=C/c1ccccc1)N1CCC(=O)N(CCN2CCCC2)CC1. The molecule has 134 valence electrons. The predicted molar refractivity (Wildman–Crippen MR) is 98.9 cm³/mol. The molecule has 5 nitrogen and oxygen atoms in total. The molecule has 0 saturated carbocycles. The van der Waals surface area contributed by atoms with E-state index in [4.69, 9.17) is 0 Å². The van der Waals surface area contributed by atoms with Gasteiger partial charge in [-0.05, 0) is 37.6 Å². The summed E-state index contributed by atoms with van der Waals surface area (Å²) < 4.78 is 0. The van der Waals surface area contributed by atoms with E-state index < -0.39 is 0 Å². The van der Waals surface area contributed by atoms with E-state index in [1.165, 1.54) is 12.8 Å². The van der Waals surface area contributed by atoms with E-state index in [-0.39, 0.29) is 11.8 Å². The van der Waals surface area contributed by atoms with Crippen molar-refractivity contribution in [2.75, 3.05) is 45.8 Å². The summed E-state index contributed by atoms with van der Waals surface area (Å²) in [4.78, 5) is 30.9. The van der Waals surface area contributed by atoms with Gasteiger partial charge in [-0.3, -0.25) is 9.59 Å². The van der Waals surface area contributed by atoms with Crippen LogP contribution in [0.2, 0.25) is 0 Å². The van der Waals surface area contributed by atoms with Crippen molar-refractivity contribution in [2.45, 2.75) is 19.3 Å². The largest absolute Gasteiger partial charge is 0.340 e. The highest BCUT2D eigenvalue weighted by atomic mass is 16.2. The predicted octanol–water partition coefficient (Wildman–Crippen LogP) is 1.86. The van der Waals surface area contributed by atoms with Gasteiger partial charge < -0.3 is 14.7 Å². The van der Waals surface area contributed by atoms with Gasteiger partial charge in [0.15, 0.2) is 0 Å². The van der Waals surface area contributed by atoms with Crippen LogP contribution in [0.5, 0.6) is 0 Å². The molecule has 25 heavy (non-hydrogen) atoms. The van der Waals surface area contributed by atoms with E-state index in [0.29, 0.717) is 26.1 Å². The maximum atomic E-state index is 12.4. The number of likely N-dealkylation sites (tertiary alicyclic amines) is 1. The van der Waals surface area contributed by atoms with Crippen molar-refractivity contribution in [2.24, 2.45) is 0 Å². The summed E-state index contributed by atoms with van der Waals surface area (Å²) in [6.45, 7) is 5.79. The lowest BCUT2D eigenvalue weighted by Gasteiger charge is -2.24. The first-order valence-corrected chi connectivity index (χ1v) is 9.24. The summed E-state index contributed by atoms with van der Waals surface area (Å²) in [5.74, 6) is 0.152. The average molecular weight is 341 g/mol. The van der Waals surface area contributed by atoms with Crippen molar-refractivity contribution in [1.82, 2.24) is 14.7 Å². The third-order valence-electron chi connectivity index (χ3n) is 5.00. The molecule has 0 radical (unpaired) electrons. The summed E-state index contributed by atoms with van der Waals surface area (Å²) in [5, 5.41) is 0. The molecule has 2 fully saturated rings. The van der Waals surface area contributed by atoms with Crippen molar-refractivity contribution in [1.29, 1.82) is 0 Å². The van der Waals surface area contributed by atoms with Crippen LogP contribution in [0.25, 0.3) is 6.08 Å². The number of carbonyl (C=O) groups excluding carboxylic acids is 2. The van der Waals surface area contributed by atoms with Gasteiger partial charge in [0.2, 0.25) is 11.8 Å². The zero-order chi connectivity index (χ0) is 17.5. The molecular formula is C20H27N3O2. The zero-order valence-corrected chi connectivity index (χ0v) is 14.8. The second kappa shape index (κ2) is 8.81. The zero-order valence-electron chi connectivity index (χ0n) is 14.8. The van der Waals surface area contributed by atoms with E-state index in [1.54, 1.807) is 11.0 Å². The summed E-state index contributed by atoms with van der Waals surface area (Å²) in [6, 6.07) is 9.79. The van der Waals surface area contributed by atoms with E-state index in [9.17, 15) is 9.59 Å². The highest BCUT2D eigenvalue weighted by Gasteiger charge is 2.23. The van der Waals surface area contributed by atoms with Gasteiger partial charge in [-0.25, -0.2) is 0 Å². The molecule has 2 aliphatic heterocycles. The molecule has 3 rings (SSSR count). The van der Waals surface area contributed by atoms with Crippen LogP contribution in [0.15, 0.2) is 36.4 Å². The summed E-state index contributed by atoms with van der Waals surface area (Å²) in [6.07, 6.45) is 6.40. The second-order valence-electron chi connectivity index (χ2n) is 6.75. The van der Waals surface area contributed by atoms with Crippen LogP contribution in [0.4, 0.5) is 0 Å². The third-order valence-corrected chi connectivity index (χ3v) is 5.00. The number of hydrogen-bond acceptors (Lipinski definition) is 3. The van der Waals surface area contributed by atoms with Crippen molar-refractivity contribution < 1.29 is 9.59 Å². The lowest BCUT2D eigenvalue weighted by Crippen LogP contribution is -2.39. The highest BCUT2D eigenvalue weighted by Crippen LogP contribution is 2.10. The van der Waals surface area contributed by atoms with Gasteiger partial charge in [0.1, 0.15) is 0 Å². The van der Waals surface area contributed by atoms with Gasteiger partial charge in [0.25, 0.3) is 0 Å². The van der Waals surface area contributed by atoms with Crippen molar-refractivity contribution in [3.63, 3.8) is 0 Å². The van der Waals surface area contributed by atoms with Crippen LogP contribution >= 0.6 is 0 Å². The van der Waals surface area contributed by atoms with Gasteiger partial charge in [-0.1, -0.05) is 30.3 Å². The van der Waals surface area contributed by atoms with E-state index in [1.807, 2.05) is 41.3 Å². The quantitative estimate of drug-likeness (QED) is 0.768. The Labute approximate surface area is 149 Å². The normalized spacial score (nSPS) is 19.6. The average Bonchev–Trinajstić information content (AvgIpc) is 3.09. The monoisotopic (exact) mass is 341 g/mol. The summed E-state index contributed by atoms with van der Waals surface area (Å²) >= 11 is 0. The summed E-state index contributed by atoms with van der Waals surface area (Å²) in [5.41, 5.74) is 1.01. The van der Waals surface area contributed by atoms with E-state index in [0.717, 1.165) is 31.7 Å². The molecule has 0 spiro atoms. The van der Waals surface area contributed by atoms with Crippen LogP contribution in [-0.2, 0) is 9.59 Å². The lowest BCUT2D eigenvalue weighted by atomic mass is 10.2. The molecule has 1 aromatic carbocycles. The van der Waals surface area contributed by atoms with Gasteiger partial charge >= 0.3 is 0 Å². The Balaban J connectivity index is 1.50. The second-order valence-corrected chi connectivity index (χ2v) is 6.75. The molecule has 1 aromatic rings. The highest BCUT2D eigenvalue weighted by molar-refractivity contribution is 5.92. The van der Waals surface area contributed by atoms with Crippen LogP contribution in [-0.4, -0.2) is 72.3 Å². The Morgan fingerprint density at radius 2 is 1.72 bits per heavy atom. The minimum atomic E-state index is -0.0157.